The molecule has 2 aromatic carbocycles. The van der Waals surface area contributed by atoms with Gasteiger partial charge in [0.05, 0.1) is 0 Å². The molecule has 1 aliphatic rings. The molecule has 0 saturated carbocycles. The molecule has 30 heavy (non-hydrogen) atoms. The highest BCUT2D eigenvalue weighted by Crippen LogP contribution is 2.33. The van der Waals surface area contributed by atoms with Crippen LogP contribution >= 0.6 is 11.6 Å². The lowest BCUT2D eigenvalue weighted by atomic mass is 9.85. The largest absolute Gasteiger partial charge is 0.340 e. The Morgan fingerprint density at radius 1 is 1.17 bits per heavy atom. The first-order valence-corrected chi connectivity index (χ1v) is 10.0. The van der Waals surface area contributed by atoms with E-state index in [-0.39, 0.29) is 17.1 Å². The van der Waals surface area contributed by atoms with Gasteiger partial charge in [-0.2, -0.15) is 0 Å². The number of likely N-dealkylation sites (N-methyl/N-ethyl adjacent to an activating group) is 1. The van der Waals surface area contributed by atoms with Crippen molar-refractivity contribution in [3.63, 3.8) is 0 Å². The zero-order chi connectivity index (χ0) is 21.9. The molecule has 4 amide bonds. The van der Waals surface area contributed by atoms with E-state index in [1.54, 1.807) is 24.3 Å². The zero-order valence-corrected chi connectivity index (χ0v) is 17.6. The third-order valence-corrected chi connectivity index (χ3v) is 5.60. The molecule has 0 bridgehead atoms. The summed E-state index contributed by atoms with van der Waals surface area (Å²) in [4.78, 5) is 40.7. The first-order chi connectivity index (χ1) is 14.3. The number of hydrogen-bond donors (Lipinski definition) is 1. The molecule has 0 aromatic heterocycles. The molecule has 3 rings (SSSR count). The fourth-order valence-electron chi connectivity index (χ4n) is 3.64. The highest BCUT2D eigenvalue weighted by Gasteiger charge is 2.52. The van der Waals surface area contributed by atoms with Crippen LogP contribution in [0, 0.1) is 5.82 Å². The summed E-state index contributed by atoms with van der Waals surface area (Å²) in [7, 11) is 1.47. The van der Waals surface area contributed by atoms with Gasteiger partial charge in [0.2, 0.25) is 5.91 Å². The fourth-order valence-corrected chi connectivity index (χ4v) is 3.86. The second-order valence-corrected chi connectivity index (χ2v) is 7.70. The van der Waals surface area contributed by atoms with Gasteiger partial charge in [0.25, 0.3) is 5.91 Å². The minimum atomic E-state index is -1.19. The minimum Gasteiger partial charge on any atom is -0.340 e. The molecule has 0 unspecified atom stereocenters. The SMILES string of the molecule is CCC[C@@]1(c2ccccc2)NC(=O)N(CC(=O)N(C)Cc2c(F)cccc2Cl)C1=O. The molecule has 2 aromatic rings. The highest BCUT2D eigenvalue weighted by molar-refractivity contribution is 6.31. The molecule has 1 atom stereocenters. The zero-order valence-electron chi connectivity index (χ0n) is 16.8. The number of hydrogen-bond acceptors (Lipinski definition) is 3. The van der Waals surface area contributed by atoms with Crippen molar-refractivity contribution in [1.29, 1.82) is 0 Å². The molecule has 0 radical (unpaired) electrons. The van der Waals surface area contributed by atoms with Gasteiger partial charge in [-0.05, 0) is 24.1 Å². The second kappa shape index (κ2) is 8.83. The summed E-state index contributed by atoms with van der Waals surface area (Å²) >= 11 is 6.03. The van der Waals surface area contributed by atoms with Gasteiger partial charge in [0.1, 0.15) is 17.9 Å². The van der Waals surface area contributed by atoms with Gasteiger partial charge in [-0.25, -0.2) is 9.18 Å². The van der Waals surface area contributed by atoms with Crippen LogP contribution in [0.4, 0.5) is 9.18 Å². The van der Waals surface area contributed by atoms with E-state index in [1.165, 1.54) is 30.1 Å². The number of carbonyl (C=O) groups excluding carboxylic acids is 3. The Labute approximate surface area is 179 Å². The Balaban J connectivity index is 1.78. The van der Waals surface area contributed by atoms with Crippen LogP contribution in [0.15, 0.2) is 48.5 Å². The molecule has 1 saturated heterocycles. The van der Waals surface area contributed by atoms with Crippen LogP contribution in [0.3, 0.4) is 0 Å². The Hall–Kier alpha value is -2.93. The van der Waals surface area contributed by atoms with Crippen molar-refractivity contribution in [2.45, 2.75) is 31.8 Å². The van der Waals surface area contributed by atoms with E-state index in [1.807, 2.05) is 13.0 Å². The number of amides is 4. The third kappa shape index (κ3) is 4.03. The first-order valence-electron chi connectivity index (χ1n) is 9.66. The predicted octanol–water partition coefficient (Wildman–Crippen LogP) is 3.68. The van der Waals surface area contributed by atoms with Crippen molar-refractivity contribution >= 4 is 29.4 Å². The number of benzene rings is 2. The summed E-state index contributed by atoms with van der Waals surface area (Å²) in [6.07, 6.45) is 1.07. The summed E-state index contributed by atoms with van der Waals surface area (Å²) in [6.45, 7) is 1.40. The van der Waals surface area contributed by atoms with Crippen LogP contribution in [0.5, 0.6) is 0 Å². The van der Waals surface area contributed by atoms with Gasteiger partial charge in [-0.15, -0.1) is 0 Å². The van der Waals surface area contributed by atoms with Crippen LogP contribution in [-0.2, 0) is 21.7 Å². The van der Waals surface area contributed by atoms with Gasteiger partial charge < -0.3 is 10.2 Å². The fraction of sp³-hybridized carbons (Fsp3) is 0.318. The summed E-state index contributed by atoms with van der Waals surface area (Å²) in [6, 6.07) is 12.6. The number of rotatable bonds is 7. The Morgan fingerprint density at radius 3 is 2.50 bits per heavy atom. The topological polar surface area (TPSA) is 69.7 Å². The molecule has 1 N–H and O–H groups in total. The van der Waals surface area contributed by atoms with Crippen LogP contribution in [0.2, 0.25) is 5.02 Å². The molecule has 0 spiro atoms. The lowest BCUT2D eigenvalue weighted by Crippen LogP contribution is -2.45. The molecule has 0 aliphatic carbocycles. The summed E-state index contributed by atoms with van der Waals surface area (Å²) in [5, 5.41) is 2.99. The van der Waals surface area contributed by atoms with Gasteiger partial charge in [0, 0.05) is 24.2 Å². The van der Waals surface area contributed by atoms with Gasteiger partial charge in [-0.3, -0.25) is 14.5 Å². The molecular weight excluding hydrogens is 409 g/mol. The maximum absolute atomic E-state index is 14.0. The van der Waals surface area contributed by atoms with Crippen LogP contribution in [0.1, 0.15) is 30.9 Å². The quantitative estimate of drug-likeness (QED) is 0.680. The monoisotopic (exact) mass is 431 g/mol. The van der Waals surface area contributed by atoms with Crippen molar-refractivity contribution in [3.8, 4) is 0 Å². The van der Waals surface area contributed by atoms with Gasteiger partial charge in [-0.1, -0.05) is 61.3 Å². The number of imide groups is 1. The van der Waals surface area contributed by atoms with E-state index in [2.05, 4.69) is 5.32 Å². The van der Waals surface area contributed by atoms with E-state index in [4.69, 9.17) is 11.6 Å². The maximum Gasteiger partial charge on any atom is 0.325 e. The smallest absolute Gasteiger partial charge is 0.325 e. The van der Waals surface area contributed by atoms with Crippen LogP contribution in [0.25, 0.3) is 0 Å². The van der Waals surface area contributed by atoms with E-state index in [0.29, 0.717) is 18.4 Å². The number of nitrogens with zero attached hydrogens (tertiary/aromatic N) is 2. The first kappa shape index (κ1) is 21.8. The van der Waals surface area contributed by atoms with Crippen molar-refractivity contribution in [3.05, 3.63) is 70.5 Å². The molecule has 6 nitrogen and oxygen atoms in total. The van der Waals surface area contributed by atoms with Crippen molar-refractivity contribution in [1.82, 2.24) is 15.1 Å². The van der Waals surface area contributed by atoms with Gasteiger partial charge >= 0.3 is 6.03 Å². The van der Waals surface area contributed by atoms with Crippen molar-refractivity contribution < 1.29 is 18.8 Å². The molecule has 1 heterocycles. The molecule has 8 heteroatoms. The summed E-state index contributed by atoms with van der Waals surface area (Å²) in [5.74, 6) is -1.49. The number of halogens is 2. The summed E-state index contributed by atoms with van der Waals surface area (Å²) < 4.78 is 14.0. The van der Waals surface area contributed by atoms with Gasteiger partial charge in [0.15, 0.2) is 0 Å². The molecule has 158 valence electrons. The maximum atomic E-state index is 14.0. The molecule has 1 fully saturated rings. The van der Waals surface area contributed by atoms with E-state index in [9.17, 15) is 18.8 Å². The average molecular weight is 432 g/mol. The van der Waals surface area contributed by atoms with Crippen molar-refractivity contribution in [2.75, 3.05) is 13.6 Å². The normalized spacial score (nSPS) is 18.5. The Kier molecular flexibility index (Phi) is 6.41. The average Bonchev–Trinajstić information content (AvgIpc) is 2.96. The molecular formula is C22H23ClFN3O3. The second-order valence-electron chi connectivity index (χ2n) is 7.29. The van der Waals surface area contributed by atoms with E-state index >= 15 is 0 Å². The summed E-state index contributed by atoms with van der Waals surface area (Å²) in [5.41, 5.74) is -0.343. The Bertz CT molecular complexity index is 949. The standard InChI is InChI=1S/C22H23ClFN3O3/c1-3-12-22(15-8-5-4-6-9-15)20(29)27(21(30)25-22)14-19(28)26(2)13-16-17(23)10-7-11-18(16)24/h4-11H,3,12-14H2,1-2H3,(H,25,30)/t22-/m0/s1. The molecule has 1 aliphatic heterocycles. The van der Waals surface area contributed by atoms with E-state index < -0.39 is 35.7 Å². The lowest BCUT2D eigenvalue weighted by Gasteiger charge is -2.27. The number of carbonyl (C=O) groups is 3. The van der Waals surface area contributed by atoms with Crippen molar-refractivity contribution in [2.24, 2.45) is 0 Å². The van der Waals surface area contributed by atoms with Crippen LogP contribution in [-0.4, -0.2) is 41.2 Å². The van der Waals surface area contributed by atoms with E-state index in [0.717, 1.165) is 4.90 Å². The number of nitrogens with one attached hydrogen (secondary N) is 1. The van der Waals surface area contributed by atoms with Crippen LogP contribution < -0.4 is 5.32 Å². The predicted molar refractivity (Wildman–Crippen MR) is 111 cm³/mol. The lowest BCUT2D eigenvalue weighted by molar-refractivity contribution is -0.139. The highest BCUT2D eigenvalue weighted by atomic mass is 35.5. The Morgan fingerprint density at radius 2 is 1.87 bits per heavy atom. The number of urea groups is 1. The minimum absolute atomic E-state index is 0.0766. The third-order valence-electron chi connectivity index (χ3n) is 5.24.